The number of amides is 1. The van der Waals surface area contributed by atoms with Crippen LogP contribution in [0.2, 0.25) is 0 Å². The quantitative estimate of drug-likeness (QED) is 0.418. The Labute approximate surface area is 198 Å². The van der Waals surface area contributed by atoms with Gasteiger partial charge < -0.3 is 9.80 Å². The van der Waals surface area contributed by atoms with E-state index in [0.717, 1.165) is 12.5 Å². The Balaban J connectivity index is 1.47. The molecule has 0 aromatic heterocycles. The molecule has 1 aromatic carbocycles. The molecule has 2 heterocycles. The van der Waals surface area contributed by atoms with Crippen LogP contribution in [-0.2, 0) is 16.0 Å². The van der Waals surface area contributed by atoms with Crippen molar-refractivity contribution >= 4 is 11.8 Å². The molecule has 1 amide bonds. The second-order valence-electron chi connectivity index (χ2n) is 10.5. The Hall–Kier alpha value is -2.78. The van der Waals surface area contributed by atoms with Gasteiger partial charge in [0.25, 0.3) is 0 Å². The summed E-state index contributed by atoms with van der Waals surface area (Å²) >= 11 is 0. The molecule has 2 saturated heterocycles. The van der Waals surface area contributed by atoms with Crippen molar-refractivity contribution in [2.75, 3.05) is 19.6 Å². The SMILES string of the molecule is CC(C)C[C@@H](CC(=C=O)N1CC[C@H]2CN(C(=O)C3(C#N)CC3)C[C@H]21)Cc1cc(F)c(F)cc1F. The lowest BCUT2D eigenvalue weighted by molar-refractivity contribution is -0.134. The highest BCUT2D eigenvalue weighted by Gasteiger charge is 2.55. The second-order valence-corrected chi connectivity index (χ2v) is 10.5. The molecule has 8 heteroatoms. The van der Waals surface area contributed by atoms with Crippen LogP contribution in [0.25, 0.3) is 0 Å². The number of nitriles is 1. The van der Waals surface area contributed by atoms with E-state index in [-0.39, 0.29) is 41.7 Å². The van der Waals surface area contributed by atoms with Gasteiger partial charge in [0.2, 0.25) is 5.91 Å². The van der Waals surface area contributed by atoms with Gasteiger partial charge in [-0.3, -0.25) is 4.79 Å². The number of likely N-dealkylation sites (tertiary alicyclic amines) is 2. The number of nitrogens with zero attached hydrogens (tertiary/aromatic N) is 3. The van der Waals surface area contributed by atoms with Crippen molar-refractivity contribution in [2.24, 2.45) is 23.2 Å². The van der Waals surface area contributed by atoms with Crippen molar-refractivity contribution in [3.8, 4) is 6.07 Å². The summed E-state index contributed by atoms with van der Waals surface area (Å²) in [5.41, 5.74) is -0.279. The van der Waals surface area contributed by atoms with Gasteiger partial charge in [0.1, 0.15) is 17.2 Å². The van der Waals surface area contributed by atoms with Crippen LogP contribution in [0.5, 0.6) is 0 Å². The van der Waals surface area contributed by atoms with Crippen LogP contribution < -0.4 is 0 Å². The first-order valence-corrected chi connectivity index (χ1v) is 12.0. The van der Waals surface area contributed by atoms with Gasteiger partial charge >= 0.3 is 0 Å². The summed E-state index contributed by atoms with van der Waals surface area (Å²) in [6, 6.07) is 3.63. The fourth-order valence-electron chi connectivity index (χ4n) is 5.69. The minimum Gasteiger partial charge on any atom is -0.361 e. The lowest BCUT2D eigenvalue weighted by Crippen LogP contribution is -2.40. The molecule has 0 radical (unpaired) electrons. The molecule has 5 nitrogen and oxygen atoms in total. The summed E-state index contributed by atoms with van der Waals surface area (Å²) < 4.78 is 41.4. The lowest BCUT2D eigenvalue weighted by Gasteiger charge is -2.30. The number of allylic oxidation sites excluding steroid dienone is 1. The average Bonchev–Trinajstić information content (AvgIpc) is 3.33. The zero-order chi connectivity index (χ0) is 24.6. The number of carbonyl (C=O) groups is 1. The Kier molecular flexibility index (Phi) is 6.78. The molecule has 1 aliphatic carbocycles. The average molecular weight is 474 g/mol. The first-order valence-electron chi connectivity index (χ1n) is 12.0. The van der Waals surface area contributed by atoms with E-state index in [2.05, 4.69) is 12.0 Å². The van der Waals surface area contributed by atoms with Gasteiger partial charge in [0.05, 0.1) is 17.8 Å². The molecule has 182 valence electrons. The van der Waals surface area contributed by atoms with Crippen molar-refractivity contribution in [1.82, 2.24) is 9.80 Å². The van der Waals surface area contributed by atoms with Gasteiger partial charge in [0.15, 0.2) is 11.6 Å². The summed E-state index contributed by atoms with van der Waals surface area (Å²) in [4.78, 5) is 28.7. The van der Waals surface area contributed by atoms with E-state index in [9.17, 15) is 28.0 Å². The van der Waals surface area contributed by atoms with Gasteiger partial charge in [-0.1, -0.05) is 13.8 Å². The zero-order valence-corrected chi connectivity index (χ0v) is 19.6. The number of rotatable bonds is 8. The van der Waals surface area contributed by atoms with Crippen LogP contribution in [-0.4, -0.2) is 47.3 Å². The standard InChI is InChI=1S/C26H30F3N3O2/c1-16(2)7-17(8-19-10-22(28)23(29)11-21(19)27)9-20(14-33)32-6-3-18-12-31(13-24(18)32)25(34)26(15-30)4-5-26/h10-11,16-18,24H,3-9,12-13H2,1-2H3/t17-,18+,24-/m1/s1. The molecule has 4 rings (SSSR count). The third-order valence-corrected chi connectivity index (χ3v) is 7.56. The molecule has 34 heavy (non-hydrogen) atoms. The van der Waals surface area contributed by atoms with E-state index in [1.807, 2.05) is 18.7 Å². The number of carbonyl (C=O) groups excluding carboxylic acids is 2. The van der Waals surface area contributed by atoms with Crippen LogP contribution in [0.3, 0.4) is 0 Å². The van der Waals surface area contributed by atoms with E-state index in [1.54, 1.807) is 4.90 Å². The molecule has 3 aliphatic rings. The number of hydrogen-bond acceptors (Lipinski definition) is 4. The predicted molar refractivity (Wildman–Crippen MR) is 119 cm³/mol. The van der Waals surface area contributed by atoms with Crippen LogP contribution in [0, 0.1) is 52.0 Å². The number of benzene rings is 1. The highest BCUT2D eigenvalue weighted by molar-refractivity contribution is 5.88. The number of halogens is 3. The maximum Gasteiger partial charge on any atom is 0.243 e. The molecule has 0 N–H and O–H groups in total. The first-order chi connectivity index (χ1) is 16.2. The molecular weight excluding hydrogens is 443 g/mol. The summed E-state index contributed by atoms with van der Waals surface area (Å²) in [5.74, 6) is -0.772. The van der Waals surface area contributed by atoms with E-state index >= 15 is 0 Å². The summed E-state index contributed by atoms with van der Waals surface area (Å²) in [6.07, 6.45) is 3.26. The predicted octanol–water partition coefficient (Wildman–Crippen LogP) is 4.25. The maximum absolute atomic E-state index is 14.3. The molecule has 1 aromatic rings. The third kappa shape index (κ3) is 4.72. The Bertz CT molecular complexity index is 1060. The van der Waals surface area contributed by atoms with Gasteiger partial charge in [0, 0.05) is 38.0 Å². The Morgan fingerprint density at radius 3 is 2.50 bits per heavy atom. The van der Waals surface area contributed by atoms with E-state index in [1.165, 1.54) is 0 Å². The van der Waals surface area contributed by atoms with E-state index in [0.29, 0.717) is 57.1 Å². The zero-order valence-electron chi connectivity index (χ0n) is 19.6. The third-order valence-electron chi connectivity index (χ3n) is 7.56. The molecule has 3 atom stereocenters. The molecule has 0 spiro atoms. The molecule has 0 bridgehead atoms. The van der Waals surface area contributed by atoms with Gasteiger partial charge in [-0.15, -0.1) is 0 Å². The normalized spacial score (nSPS) is 23.4. The minimum atomic E-state index is -1.22. The lowest BCUT2D eigenvalue weighted by atomic mass is 9.87. The molecule has 3 fully saturated rings. The van der Waals surface area contributed by atoms with Crippen LogP contribution >= 0.6 is 0 Å². The molecule has 1 saturated carbocycles. The molecule has 2 aliphatic heterocycles. The highest BCUT2D eigenvalue weighted by atomic mass is 19.2. The topological polar surface area (TPSA) is 64.4 Å². The smallest absolute Gasteiger partial charge is 0.243 e. The van der Waals surface area contributed by atoms with Crippen molar-refractivity contribution < 1.29 is 22.8 Å². The summed E-state index contributed by atoms with van der Waals surface area (Å²) in [7, 11) is 0. The van der Waals surface area contributed by atoms with Crippen LogP contribution in [0.4, 0.5) is 13.2 Å². The second kappa shape index (κ2) is 9.46. The van der Waals surface area contributed by atoms with Gasteiger partial charge in [-0.05, 0) is 55.6 Å². The maximum atomic E-state index is 14.3. The number of fused-ring (bicyclic) bond motifs is 1. The Morgan fingerprint density at radius 1 is 1.18 bits per heavy atom. The van der Waals surface area contributed by atoms with E-state index in [4.69, 9.17) is 0 Å². The fourth-order valence-corrected chi connectivity index (χ4v) is 5.69. The van der Waals surface area contributed by atoms with E-state index < -0.39 is 22.9 Å². The summed E-state index contributed by atoms with van der Waals surface area (Å²) in [5, 5.41) is 9.38. The minimum absolute atomic E-state index is 0.00501. The summed E-state index contributed by atoms with van der Waals surface area (Å²) in [6.45, 7) is 5.79. The van der Waals surface area contributed by atoms with Crippen LogP contribution in [0.15, 0.2) is 17.8 Å². The largest absolute Gasteiger partial charge is 0.361 e. The Morgan fingerprint density at radius 2 is 1.88 bits per heavy atom. The van der Waals surface area contributed by atoms with Gasteiger partial charge in [-0.25, -0.2) is 18.0 Å². The first kappa shape index (κ1) is 24.3. The fraction of sp³-hybridized carbons (Fsp3) is 0.615. The van der Waals surface area contributed by atoms with Crippen molar-refractivity contribution in [2.45, 2.75) is 58.4 Å². The monoisotopic (exact) mass is 473 g/mol. The number of hydrogen-bond donors (Lipinski definition) is 0. The van der Waals surface area contributed by atoms with Crippen molar-refractivity contribution in [1.29, 1.82) is 5.26 Å². The van der Waals surface area contributed by atoms with Gasteiger partial charge in [-0.2, -0.15) is 5.26 Å². The highest BCUT2D eigenvalue weighted by Crippen LogP contribution is 2.48. The molecular formula is C26H30F3N3O2. The van der Waals surface area contributed by atoms with Crippen LogP contribution in [0.1, 0.15) is 51.5 Å². The van der Waals surface area contributed by atoms with Crippen molar-refractivity contribution in [3.05, 3.63) is 40.8 Å². The molecule has 0 unspecified atom stereocenters. The van der Waals surface area contributed by atoms with Crippen molar-refractivity contribution in [3.63, 3.8) is 0 Å².